The number of hydrogen-bond acceptors (Lipinski definition) is 4. The summed E-state index contributed by atoms with van der Waals surface area (Å²) in [6, 6.07) is 10.7. The van der Waals surface area contributed by atoms with Gasteiger partial charge in [-0.15, -0.1) is 0 Å². The molecule has 0 spiro atoms. The zero-order valence-corrected chi connectivity index (χ0v) is 14.2. The van der Waals surface area contributed by atoms with E-state index in [-0.39, 0.29) is 0 Å². The number of carbonyl (C=O) groups excluding carboxylic acids is 1. The predicted molar refractivity (Wildman–Crippen MR) is 95.8 cm³/mol. The van der Waals surface area contributed by atoms with Crippen LogP contribution < -0.4 is 5.48 Å². The molecule has 2 heterocycles. The number of hydrogen-bond donors (Lipinski definition) is 2. The Morgan fingerprint density at radius 2 is 2.16 bits per heavy atom. The lowest BCUT2D eigenvalue weighted by Gasteiger charge is -2.25. The van der Waals surface area contributed by atoms with Gasteiger partial charge in [0.1, 0.15) is 0 Å². The number of hydroxylamine groups is 1. The third kappa shape index (κ3) is 4.78. The average Bonchev–Trinajstić information content (AvgIpc) is 3.32. The number of likely N-dealkylation sites (tertiary alicyclic amines) is 1. The van der Waals surface area contributed by atoms with Gasteiger partial charge >= 0.3 is 0 Å². The molecular weight excluding hydrogens is 316 g/mol. The Balaban J connectivity index is 1.56. The molecule has 1 aliphatic heterocycles. The summed E-state index contributed by atoms with van der Waals surface area (Å²) in [5.74, 6) is -0.525. The van der Waals surface area contributed by atoms with Crippen molar-refractivity contribution < 1.29 is 10.0 Å². The van der Waals surface area contributed by atoms with E-state index in [1.165, 1.54) is 24.5 Å². The number of aromatic nitrogens is 2. The quantitative estimate of drug-likeness (QED) is 0.462. The number of nitrogens with zero attached hydrogens (tertiary/aromatic N) is 3. The Morgan fingerprint density at radius 1 is 1.32 bits per heavy atom. The number of rotatable bonds is 7. The van der Waals surface area contributed by atoms with E-state index in [0.29, 0.717) is 6.04 Å². The van der Waals surface area contributed by atoms with Gasteiger partial charge in [-0.3, -0.25) is 19.6 Å². The van der Waals surface area contributed by atoms with E-state index >= 15 is 0 Å². The van der Waals surface area contributed by atoms with Crippen molar-refractivity contribution in [3.8, 4) is 0 Å². The lowest BCUT2D eigenvalue weighted by molar-refractivity contribution is -0.124. The van der Waals surface area contributed by atoms with Crippen molar-refractivity contribution in [2.75, 3.05) is 13.1 Å². The van der Waals surface area contributed by atoms with E-state index in [0.717, 1.165) is 31.6 Å². The molecule has 25 heavy (non-hydrogen) atoms. The Hall–Kier alpha value is -2.44. The normalized spacial score (nSPS) is 18.0. The average molecular weight is 340 g/mol. The summed E-state index contributed by atoms with van der Waals surface area (Å²) in [5, 5.41) is 12.8. The molecule has 1 aromatic heterocycles. The van der Waals surface area contributed by atoms with Crippen LogP contribution in [0.3, 0.4) is 0 Å². The SMILES string of the molecule is O=C(/C=C/c1ccc([C@@H]2CCCN2CCCn2cccn2)cc1)NO. The molecule has 6 heteroatoms. The van der Waals surface area contributed by atoms with E-state index in [1.807, 2.05) is 35.3 Å². The maximum absolute atomic E-state index is 11.0. The highest BCUT2D eigenvalue weighted by Gasteiger charge is 2.25. The number of aryl methyl sites for hydroxylation is 1. The minimum absolute atomic E-state index is 0.469. The fraction of sp³-hybridized carbons (Fsp3) is 0.368. The molecule has 0 unspecified atom stereocenters. The van der Waals surface area contributed by atoms with Gasteiger partial charge in [-0.2, -0.15) is 5.10 Å². The van der Waals surface area contributed by atoms with Crippen molar-refractivity contribution in [1.29, 1.82) is 0 Å². The summed E-state index contributed by atoms with van der Waals surface area (Å²) in [7, 11) is 0. The second kappa shape index (κ2) is 8.60. The topological polar surface area (TPSA) is 70.4 Å². The second-order valence-corrected chi connectivity index (χ2v) is 6.29. The van der Waals surface area contributed by atoms with Crippen LogP contribution in [0.4, 0.5) is 0 Å². The highest BCUT2D eigenvalue weighted by atomic mass is 16.5. The van der Waals surface area contributed by atoms with Crippen LogP contribution in [0.1, 0.15) is 36.4 Å². The molecule has 0 aliphatic carbocycles. The molecule has 1 saturated heterocycles. The third-order valence-electron chi connectivity index (χ3n) is 4.61. The maximum Gasteiger partial charge on any atom is 0.267 e. The van der Waals surface area contributed by atoms with Crippen molar-refractivity contribution >= 4 is 12.0 Å². The summed E-state index contributed by atoms with van der Waals surface area (Å²) in [6.45, 7) is 3.16. The van der Waals surface area contributed by atoms with Crippen LogP contribution in [-0.4, -0.2) is 38.9 Å². The molecule has 1 atom stereocenters. The lowest BCUT2D eigenvalue weighted by Crippen LogP contribution is -2.25. The fourth-order valence-corrected chi connectivity index (χ4v) is 3.38. The number of benzene rings is 1. The summed E-state index contributed by atoms with van der Waals surface area (Å²) >= 11 is 0. The molecule has 0 saturated carbocycles. The Labute approximate surface area is 147 Å². The molecule has 1 amide bonds. The van der Waals surface area contributed by atoms with E-state index in [2.05, 4.69) is 22.1 Å². The molecule has 1 aliphatic rings. The minimum atomic E-state index is -0.525. The van der Waals surface area contributed by atoms with E-state index < -0.39 is 5.91 Å². The van der Waals surface area contributed by atoms with Gasteiger partial charge < -0.3 is 0 Å². The lowest BCUT2D eigenvalue weighted by atomic mass is 10.0. The highest BCUT2D eigenvalue weighted by molar-refractivity contribution is 5.90. The first-order chi connectivity index (χ1) is 12.3. The Morgan fingerprint density at radius 3 is 2.88 bits per heavy atom. The van der Waals surface area contributed by atoms with Crippen molar-refractivity contribution in [2.24, 2.45) is 0 Å². The molecule has 2 N–H and O–H groups in total. The molecular formula is C19H24N4O2. The summed E-state index contributed by atoms with van der Waals surface area (Å²) in [6.07, 6.45) is 10.3. The van der Waals surface area contributed by atoms with Gasteiger partial charge in [0.25, 0.3) is 5.91 Å². The first-order valence-electron chi connectivity index (χ1n) is 8.70. The molecule has 132 valence electrons. The van der Waals surface area contributed by atoms with Crippen LogP contribution in [0.15, 0.2) is 48.8 Å². The maximum atomic E-state index is 11.0. The third-order valence-corrected chi connectivity index (χ3v) is 4.61. The van der Waals surface area contributed by atoms with Crippen LogP contribution >= 0.6 is 0 Å². The molecule has 6 nitrogen and oxygen atoms in total. The summed E-state index contributed by atoms with van der Waals surface area (Å²) < 4.78 is 1.98. The van der Waals surface area contributed by atoms with Crippen LogP contribution in [0.2, 0.25) is 0 Å². The van der Waals surface area contributed by atoms with Crippen LogP contribution in [0.25, 0.3) is 6.08 Å². The van der Waals surface area contributed by atoms with Gasteiger partial charge in [-0.1, -0.05) is 24.3 Å². The largest absolute Gasteiger partial charge is 0.296 e. The van der Waals surface area contributed by atoms with Crippen molar-refractivity contribution in [3.05, 3.63) is 59.9 Å². The fourth-order valence-electron chi connectivity index (χ4n) is 3.38. The molecule has 0 radical (unpaired) electrons. The predicted octanol–water partition coefficient (Wildman–Crippen LogP) is 2.63. The van der Waals surface area contributed by atoms with Crippen molar-refractivity contribution in [3.63, 3.8) is 0 Å². The van der Waals surface area contributed by atoms with Gasteiger partial charge in [0.2, 0.25) is 0 Å². The Kier molecular flexibility index (Phi) is 5.98. The highest BCUT2D eigenvalue weighted by Crippen LogP contribution is 2.32. The van der Waals surface area contributed by atoms with Crippen molar-refractivity contribution in [1.82, 2.24) is 20.2 Å². The molecule has 1 fully saturated rings. The standard InChI is InChI=1S/C19H24N4O2/c24-19(21-25)10-7-16-5-8-17(9-6-16)18-4-1-12-22(18)13-3-15-23-14-2-11-20-23/h2,5-11,14,18,25H,1,3-4,12-13,15H2,(H,21,24)/b10-7+/t18-/m0/s1. The minimum Gasteiger partial charge on any atom is -0.296 e. The second-order valence-electron chi connectivity index (χ2n) is 6.29. The van der Waals surface area contributed by atoms with Gasteiger partial charge in [0.15, 0.2) is 0 Å². The molecule has 0 bridgehead atoms. The zero-order valence-electron chi connectivity index (χ0n) is 14.2. The van der Waals surface area contributed by atoms with E-state index in [1.54, 1.807) is 11.6 Å². The monoisotopic (exact) mass is 340 g/mol. The van der Waals surface area contributed by atoms with Gasteiger partial charge in [-0.05, 0) is 49.1 Å². The number of carbonyl (C=O) groups is 1. The van der Waals surface area contributed by atoms with Crippen LogP contribution in [0, 0.1) is 0 Å². The van der Waals surface area contributed by atoms with Crippen LogP contribution in [-0.2, 0) is 11.3 Å². The van der Waals surface area contributed by atoms with E-state index in [4.69, 9.17) is 5.21 Å². The van der Waals surface area contributed by atoms with Gasteiger partial charge in [0.05, 0.1) is 0 Å². The first-order valence-corrected chi connectivity index (χ1v) is 8.70. The smallest absolute Gasteiger partial charge is 0.267 e. The zero-order chi connectivity index (χ0) is 17.5. The van der Waals surface area contributed by atoms with Gasteiger partial charge in [-0.25, -0.2) is 5.48 Å². The molecule has 3 rings (SSSR count). The first kappa shape index (κ1) is 17.4. The van der Waals surface area contributed by atoms with Crippen molar-refractivity contribution in [2.45, 2.75) is 31.8 Å². The number of nitrogens with one attached hydrogen (secondary N) is 1. The van der Waals surface area contributed by atoms with Crippen LogP contribution in [0.5, 0.6) is 0 Å². The Bertz CT molecular complexity index is 695. The van der Waals surface area contributed by atoms with E-state index in [9.17, 15) is 4.79 Å². The summed E-state index contributed by atoms with van der Waals surface area (Å²) in [5.41, 5.74) is 3.85. The molecule has 1 aromatic carbocycles. The molecule has 2 aromatic rings. The number of amides is 1. The van der Waals surface area contributed by atoms with Gasteiger partial charge in [0, 0.05) is 37.6 Å². The summed E-state index contributed by atoms with van der Waals surface area (Å²) in [4.78, 5) is 13.6.